The second-order valence-corrected chi connectivity index (χ2v) is 11.6. The van der Waals surface area contributed by atoms with Crippen molar-refractivity contribution in [2.24, 2.45) is 0 Å². The van der Waals surface area contributed by atoms with E-state index in [9.17, 15) is 0 Å². The molecule has 0 radical (unpaired) electrons. The van der Waals surface area contributed by atoms with Crippen LogP contribution >= 0.6 is 0 Å². The molecule has 1 fully saturated rings. The van der Waals surface area contributed by atoms with Gasteiger partial charge >= 0.3 is 0 Å². The molecule has 1 aliphatic carbocycles. The molecule has 0 amide bonds. The minimum absolute atomic E-state index is 0.413. The largest absolute Gasteiger partial charge is 0.362 e. The van der Waals surface area contributed by atoms with Gasteiger partial charge in [-0.1, -0.05) is 86.8 Å². The third-order valence-corrected chi connectivity index (χ3v) is 8.22. The van der Waals surface area contributed by atoms with Gasteiger partial charge in [-0.3, -0.25) is 0 Å². The van der Waals surface area contributed by atoms with Gasteiger partial charge in [0.2, 0.25) is 5.95 Å². The Kier molecular flexibility index (Phi) is 9.67. The van der Waals surface area contributed by atoms with Gasteiger partial charge in [-0.15, -0.1) is 0 Å². The van der Waals surface area contributed by atoms with Crippen LogP contribution in [0.2, 0.25) is 0 Å². The Morgan fingerprint density at radius 1 is 0.725 bits per heavy atom. The number of benzene rings is 3. The first-order valence-corrected chi connectivity index (χ1v) is 15.2. The van der Waals surface area contributed by atoms with Gasteiger partial charge in [0.25, 0.3) is 0 Å². The van der Waals surface area contributed by atoms with Crippen molar-refractivity contribution >= 4 is 22.7 Å². The SMILES string of the molecule is CCCCCCc1ccc(-c2ccc(CNC3CCC(Nc4nc(N(C)C)c5ccccc5n4)CC3)cc2)cc1. The smallest absolute Gasteiger partial charge is 0.225 e. The molecule has 3 aromatic carbocycles. The predicted octanol–water partition coefficient (Wildman–Crippen LogP) is 8.00. The van der Waals surface area contributed by atoms with Gasteiger partial charge in [0.05, 0.1) is 5.52 Å². The molecule has 0 atom stereocenters. The minimum Gasteiger partial charge on any atom is -0.362 e. The molecule has 0 unspecified atom stereocenters. The summed E-state index contributed by atoms with van der Waals surface area (Å²) >= 11 is 0. The van der Waals surface area contributed by atoms with Gasteiger partial charge in [0.15, 0.2) is 0 Å². The molecule has 5 nitrogen and oxygen atoms in total. The summed E-state index contributed by atoms with van der Waals surface area (Å²) in [5.41, 5.74) is 6.38. The molecule has 40 heavy (non-hydrogen) atoms. The lowest BCUT2D eigenvalue weighted by Crippen LogP contribution is -2.37. The summed E-state index contributed by atoms with van der Waals surface area (Å²) in [5, 5.41) is 8.51. The van der Waals surface area contributed by atoms with Crippen molar-refractivity contribution in [3.8, 4) is 11.1 Å². The van der Waals surface area contributed by atoms with Crippen LogP contribution in [0.4, 0.5) is 11.8 Å². The maximum atomic E-state index is 4.83. The fourth-order valence-electron chi connectivity index (χ4n) is 5.79. The first-order chi connectivity index (χ1) is 19.6. The molecule has 0 spiro atoms. The minimum atomic E-state index is 0.413. The van der Waals surface area contributed by atoms with Gasteiger partial charge in [0, 0.05) is 38.1 Å². The van der Waals surface area contributed by atoms with Crippen molar-refractivity contribution in [3.63, 3.8) is 0 Å². The van der Waals surface area contributed by atoms with Crippen LogP contribution in [0.3, 0.4) is 0 Å². The van der Waals surface area contributed by atoms with Crippen LogP contribution in [0.5, 0.6) is 0 Å². The molecular formula is C35H45N5. The van der Waals surface area contributed by atoms with Crippen LogP contribution in [0.1, 0.15) is 69.4 Å². The Bertz CT molecular complexity index is 1340. The van der Waals surface area contributed by atoms with E-state index in [1.165, 1.54) is 54.4 Å². The van der Waals surface area contributed by atoms with Crippen LogP contribution in [0.25, 0.3) is 22.0 Å². The number of anilines is 2. The fraction of sp³-hybridized carbons (Fsp3) is 0.429. The second kappa shape index (κ2) is 13.8. The molecule has 5 heteroatoms. The lowest BCUT2D eigenvalue weighted by Gasteiger charge is -2.30. The van der Waals surface area contributed by atoms with Gasteiger partial charge in [-0.25, -0.2) is 4.98 Å². The summed E-state index contributed by atoms with van der Waals surface area (Å²) in [6.07, 6.45) is 11.0. The van der Waals surface area contributed by atoms with Crippen LogP contribution in [-0.4, -0.2) is 36.1 Å². The van der Waals surface area contributed by atoms with Crippen molar-refractivity contribution in [3.05, 3.63) is 83.9 Å². The molecular weight excluding hydrogens is 490 g/mol. The normalized spacial score (nSPS) is 17.2. The molecule has 2 N–H and O–H groups in total. The zero-order chi connectivity index (χ0) is 27.7. The number of fused-ring (bicyclic) bond motifs is 1. The van der Waals surface area contributed by atoms with E-state index in [1.807, 2.05) is 26.2 Å². The number of hydrogen-bond acceptors (Lipinski definition) is 5. The molecule has 1 aromatic heterocycles. The number of aromatic nitrogens is 2. The number of para-hydroxylation sites is 1. The Balaban J connectivity index is 1.08. The lowest BCUT2D eigenvalue weighted by molar-refractivity contribution is 0.352. The highest BCUT2D eigenvalue weighted by atomic mass is 15.2. The third-order valence-electron chi connectivity index (χ3n) is 8.22. The monoisotopic (exact) mass is 535 g/mol. The molecule has 4 aromatic rings. The van der Waals surface area contributed by atoms with Crippen LogP contribution < -0.4 is 15.5 Å². The molecule has 0 saturated heterocycles. The highest BCUT2D eigenvalue weighted by Crippen LogP contribution is 2.27. The molecule has 0 bridgehead atoms. The molecule has 1 aliphatic rings. The molecule has 210 valence electrons. The number of nitrogens with one attached hydrogen (secondary N) is 2. The molecule has 0 aliphatic heterocycles. The number of unbranched alkanes of at least 4 members (excludes halogenated alkanes) is 3. The summed E-state index contributed by atoms with van der Waals surface area (Å²) in [6.45, 7) is 3.18. The van der Waals surface area contributed by atoms with Gasteiger partial charge < -0.3 is 15.5 Å². The topological polar surface area (TPSA) is 53.1 Å². The van der Waals surface area contributed by atoms with Gasteiger partial charge in [-0.2, -0.15) is 4.98 Å². The maximum absolute atomic E-state index is 4.83. The first-order valence-electron chi connectivity index (χ1n) is 15.2. The molecule has 1 heterocycles. The standard InChI is InChI=1S/C35H45N5/c1-4-5-6-7-10-26-13-17-28(18-14-26)29-19-15-27(16-20-29)25-36-30-21-23-31(24-22-30)37-35-38-33-12-9-8-11-32(33)34(39-35)40(2)3/h8-9,11-20,30-31,36H,4-7,10,21-25H2,1-3H3,(H,37,38,39). The van der Waals surface area contributed by atoms with E-state index < -0.39 is 0 Å². The molecule has 1 saturated carbocycles. The number of hydrogen-bond donors (Lipinski definition) is 2. The zero-order valence-corrected chi connectivity index (χ0v) is 24.5. The first kappa shape index (κ1) is 28.1. The van der Waals surface area contributed by atoms with Gasteiger partial charge in [0.1, 0.15) is 5.82 Å². The highest BCUT2D eigenvalue weighted by Gasteiger charge is 2.22. The van der Waals surface area contributed by atoms with Crippen LogP contribution in [-0.2, 0) is 13.0 Å². The van der Waals surface area contributed by atoms with E-state index in [-0.39, 0.29) is 0 Å². The second-order valence-electron chi connectivity index (χ2n) is 11.6. The highest BCUT2D eigenvalue weighted by molar-refractivity contribution is 5.90. The third kappa shape index (κ3) is 7.39. The lowest BCUT2D eigenvalue weighted by atomic mass is 9.91. The Morgan fingerprint density at radius 2 is 1.38 bits per heavy atom. The van der Waals surface area contributed by atoms with E-state index in [2.05, 4.69) is 83.1 Å². The fourth-order valence-corrected chi connectivity index (χ4v) is 5.79. The number of aryl methyl sites for hydroxylation is 1. The average Bonchev–Trinajstić information content (AvgIpc) is 2.99. The van der Waals surface area contributed by atoms with E-state index in [0.29, 0.717) is 12.1 Å². The van der Waals surface area contributed by atoms with Crippen molar-refractivity contribution in [2.45, 2.75) is 83.3 Å². The summed E-state index contributed by atoms with van der Waals surface area (Å²) in [6, 6.07) is 27.4. The number of rotatable bonds is 12. The van der Waals surface area contributed by atoms with Crippen molar-refractivity contribution in [1.29, 1.82) is 0 Å². The number of nitrogens with zero attached hydrogens (tertiary/aromatic N) is 3. The van der Waals surface area contributed by atoms with E-state index in [1.54, 1.807) is 0 Å². The van der Waals surface area contributed by atoms with E-state index >= 15 is 0 Å². The quantitative estimate of drug-likeness (QED) is 0.180. The predicted molar refractivity (Wildman–Crippen MR) is 170 cm³/mol. The van der Waals surface area contributed by atoms with Crippen molar-refractivity contribution in [1.82, 2.24) is 15.3 Å². The Labute approximate surface area is 240 Å². The van der Waals surface area contributed by atoms with E-state index in [4.69, 9.17) is 9.97 Å². The summed E-state index contributed by atoms with van der Waals surface area (Å²) in [5.74, 6) is 1.70. The van der Waals surface area contributed by atoms with Crippen LogP contribution in [0.15, 0.2) is 72.8 Å². The molecule has 5 rings (SSSR count). The van der Waals surface area contributed by atoms with Crippen molar-refractivity contribution in [2.75, 3.05) is 24.3 Å². The van der Waals surface area contributed by atoms with E-state index in [0.717, 1.165) is 54.9 Å². The summed E-state index contributed by atoms with van der Waals surface area (Å²) < 4.78 is 0. The van der Waals surface area contributed by atoms with Crippen LogP contribution in [0, 0.1) is 0 Å². The van der Waals surface area contributed by atoms with Crippen molar-refractivity contribution < 1.29 is 0 Å². The van der Waals surface area contributed by atoms with Gasteiger partial charge in [-0.05, 0) is 72.9 Å². The summed E-state index contributed by atoms with van der Waals surface area (Å²) in [4.78, 5) is 11.7. The Hall–Kier alpha value is -3.44. The summed E-state index contributed by atoms with van der Waals surface area (Å²) in [7, 11) is 4.08. The Morgan fingerprint density at radius 3 is 2.05 bits per heavy atom. The average molecular weight is 536 g/mol. The maximum Gasteiger partial charge on any atom is 0.225 e. The zero-order valence-electron chi connectivity index (χ0n) is 24.5.